The Hall–Kier alpha value is -2.38. The number of nitrogens with two attached hydrogens (primary N) is 2. The zero-order valence-corrected chi connectivity index (χ0v) is 11.9. The molecule has 100 valence electrons. The molecule has 4 N–H and O–H groups in total. The molecule has 0 saturated carbocycles. The second-order valence-electron chi connectivity index (χ2n) is 4.34. The van der Waals surface area contributed by atoms with Crippen LogP contribution in [0.5, 0.6) is 0 Å². The van der Waals surface area contributed by atoms with Crippen molar-refractivity contribution in [1.82, 2.24) is 0 Å². The number of allylic oxidation sites excluding steroid dienone is 1. The van der Waals surface area contributed by atoms with E-state index in [9.17, 15) is 5.26 Å². The van der Waals surface area contributed by atoms with Gasteiger partial charge in [-0.05, 0) is 42.3 Å². The molecule has 0 bridgehead atoms. The first-order chi connectivity index (χ1) is 9.61. The predicted molar refractivity (Wildman–Crippen MR) is 84.6 cm³/mol. The van der Waals surface area contributed by atoms with E-state index in [1.54, 1.807) is 0 Å². The number of rotatable bonds is 3. The van der Waals surface area contributed by atoms with Crippen LogP contribution in [0.1, 0.15) is 11.1 Å². The maximum atomic E-state index is 9.38. The average Bonchev–Trinajstić information content (AvgIpc) is 2.44. The van der Waals surface area contributed by atoms with Gasteiger partial charge in [0.05, 0.1) is 10.6 Å². The van der Waals surface area contributed by atoms with Crippen LogP contribution in [0.2, 0.25) is 0 Å². The summed E-state index contributed by atoms with van der Waals surface area (Å²) >= 11 is 1.37. The minimum Gasteiger partial charge on any atom is -0.399 e. The quantitative estimate of drug-likeness (QED) is 0.513. The Kier molecular flexibility index (Phi) is 4.34. The van der Waals surface area contributed by atoms with Crippen LogP contribution < -0.4 is 11.5 Å². The molecule has 0 saturated heterocycles. The van der Waals surface area contributed by atoms with E-state index in [0.29, 0.717) is 16.3 Å². The highest BCUT2D eigenvalue weighted by Gasteiger charge is 2.10. The molecule has 2 rings (SSSR count). The van der Waals surface area contributed by atoms with Crippen molar-refractivity contribution >= 4 is 23.0 Å². The molecule has 0 aliphatic carbocycles. The molecular formula is C16H15N3S. The minimum atomic E-state index is 0.492. The van der Waals surface area contributed by atoms with Crippen LogP contribution >= 0.6 is 11.8 Å². The van der Waals surface area contributed by atoms with Crippen molar-refractivity contribution < 1.29 is 0 Å². The third-order valence-corrected chi connectivity index (χ3v) is 3.81. The van der Waals surface area contributed by atoms with E-state index in [1.807, 2.05) is 55.5 Å². The average molecular weight is 281 g/mol. The lowest BCUT2D eigenvalue weighted by atomic mass is 10.0. The Morgan fingerprint density at radius 3 is 2.35 bits per heavy atom. The molecule has 20 heavy (non-hydrogen) atoms. The van der Waals surface area contributed by atoms with Gasteiger partial charge in [0.1, 0.15) is 6.07 Å². The van der Waals surface area contributed by atoms with Crippen molar-refractivity contribution in [3.05, 3.63) is 64.7 Å². The third kappa shape index (κ3) is 3.14. The van der Waals surface area contributed by atoms with Crippen molar-refractivity contribution in [3.63, 3.8) is 0 Å². The van der Waals surface area contributed by atoms with Gasteiger partial charge < -0.3 is 11.5 Å². The maximum absolute atomic E-state index is 9.38. The summed E-state index contributed by atoms with van der Waals surface area (Å²) in [5.74, 6) is 0. The van der Waals surface area contributed by atoms with Crippen LogP contribution in [0, 0.1) is 18.3 Å². The summed E-state index contributed by atoms with van der Waals surface area (Å²) < 4.78 is 0. The van der Waals surface area contributed by atoms with Crippen molar-refractivity contribution in [3.8, 4) is 6.07 Å². The molecule has 4 heteroatoms. The lowest BCUT2D eigenvalue weighted by molar-refractivity contribution is 1.39. The predicted octanol–water partition coefficient (Wildman–Crippen LogP) is 3.52. The van der Waals surface area contributed by atoms with Gasteiger partial charge in [-0.15, -0.1) is 0 Å². The number of benzene rings is 2. The molecule has 0 aromatic heterocycles. The highest BCUT2D eigenvalue weighted by atomic mass is 32.2. The maximum Gasteiger partial charge on any atom is 0.103 e. The summed E-state index contributed by atoms with van der Waals surface area (Å²) in [5.41, 5.74) is 14.9. The first kappa shape index (κ1) is 14.0. The van der Waals surface area contributed by atoms with Crippen molar-refractivity contribution in [1.29, 1.82) is 5.26 Å². The number of nitrogens with zero attached hydrogens (tertiary/aromatic N) is 1. The van der Waals surface area contributed by atoms with E-state index in [2.05, 4.69) is 6.07 Å². The molecule has 0 aliphatic rings. The van der Waals surface area contributed by atoms with Gasteiger partial charge in [0.15, 0.2) is 0 Å². The monoisotopic (exact) mass is 281 g/mol. The van der Waals surface area contributed by atoms with Crippen molar-refractivity contribution in [2.75, 3.05) is 5.73 Å². The van der Waals surface area contributed by atoms with E-state index in [0.717, 1.165) is 16.0 Å². The number of hydrogen-bond donors (Lipinski definition) is 2. The molecule has 0 spiro atoms. The zero-order chi connectivity index (χ0) is 14.5. The van der Waals surface area contributed by atoms with Gasteiger partial charge in [-0.2, -0.15) is 5.26 Å². The number of thioether (sulfide) groups is 1. The highest BCUT2D eigenvalue weighted by Crippen LogP contribution is 2.30. The number of anilines is 1. The van der Waals surface area contributed by atoms with E-state index in [4.69, 9.17) is 11.5 Å². The van der Waals surface area contributed by atoms with Gasteiger partial charge in [-0.25, -0.2) is 0 Å². The Bertz CT molecular complexity index is 682. The van der Waals surface area contributed by atoms with Gasteiger partial charge in [0.2, 0.25) is 0 Å². The Balaban J connectivity index is 2.36. The smallest absolute Gasteiger partial charge is 0.103 e. The Morgan fingerprint density at radius 2 is 1.75 bits per heavy atom. The summed E-state index contributed by atoms with van der Waals surface area (Å²) in [6.45, 7) is 1.97. The van der Waals surface area contributed by atoms with E-state index < -0.39 is 0 Å². The second kappa shape index (κ2) is 6.18. The van der Waals surface area contributed by atoms with Crippen LogP contribution in [0.3, 0.4) is 0 Å². The normalized spacial score (nSPS) is 11.6. The summed E-state index contributed by atoms with van der Waals surface area (Å²) in [4.78, 5) is 0.957. The fraction of sp³-hybridized carbons (Fsp3) is 0.0625. The van der Waals surface area contributed by atoms with Gasteiger partial charge in [-0.3, -0.25) is 0 Å². The topological polar surface area (TPSA) is 75.8 Å². The van der Waals surface area contributed by atoms with Gasteiger partial charge in [0, 0.05) is 10.6 Å². The molecule has 0 amide bonds. The summed E-state index contributed by atoms with van der Waals surface area (Å²) in [5, 5.41) is 9.87. The third-order valence-electron chi connectivity index (χ3n) is 2.88. The van der Waals surface area contributed by atoms with Crippen LogP contribution in [-0.4, -0.2) is 0 Å². The Morgan fingerprint density at radius 1 is 1.10 bits per heavy atom. The van der Waals surface area contributed by atoms with Crippen LogP contribution in [0.25, 0.3) is 5.57 Å². The lowest BCUT2D eigenvalue weighted by Gasteiger charge is -2.08. The fourth-order valence-corrected chi connectivity index (χ4v) is 2.60. The fourth-order valence-electron chi connectivity index (χ4n) is 1.82. The number of nitrogen functional groups attached to an aromatic ring is 1. The van der Waals surface area contributed by atoms with E-state index in [1.165, 1.54) is 11.8 Å². The number of aryl methyl sites for hydroxylation is 1. The van der Waals surface area contributed by atoms with E-state index in [-0.39, 0.29) is 0 Å². The van der Waals surface area contributed by atoms with Crippen LogP contribution in [-0.2, 0) is 0 Å². The molecular weight excluding hydrogens is 266 g/mol. The standard InChI is InChI=1S/C16H15N3S/c1-11-4-2-3-5-14(11)15(10-17)16(19)20-13-8-6-12(18)7-9-13/h2-9H,18-19H2,1H3/b16-15+. The molecule has 0 fully saturated rings. The molecule has 0 atom stereocenters. The molecule has 2 aromatic rings. The minimum absolute atomic E-state index is 0.492. The van der Waals surface area contributed by atoms with Crippen molar-refractivity contribution in [2.24, 2.45) is 5.73 Å². The molecule has 0 heterocycles. The van der Waals surface area contributed by atoms with Crippen LogP contribution in [0.15, 0.2) is 58.5 Å². The molecule has 0 aliphatic heterocycles. The second-order valence-corrected chi connectivity index (χ2v) is 5.45. The number of hydrogen-bond acceptors (Lipinski definition) is 4. The van der Waals surface area contributed by atoms with Gasteiger partial charge in [0.25, 0.3) is 0 Å². The first-order valence-electron chi connectivity index (χ1n) is 6.11. The summed E-state index contributed by atoms with van der Waals surface area (Å²) in [6, 6.07) is 17.3. The highest BCUT2D eigenvalue weighted by molar-refractivity contribution is 8.03. The Labute approximate surface area is 122 Å². The van der Waals surface area contributed by atoms with E-state index >= 15 is 0 Å². The lowest BCUT2D eigenvalue weighted by Crippen LogP contribution is -1.99. The molecule has 0 unspecified atom stereocenters. The molecule has 0 radical (unpaired) electrons. The van der Waals surface area contributed by atoms with Gasteiger partial charge in [-0.1, -0.05) is 36.0 Å². The van der Waals surface area contributed by atoms with Crippen molar-refractivity contribution in [2.45, 2.75) is 11.8 Å². The molecule has 3 nitrogen and oxygen atoms in total. The zero-order valence-electron chi connectivity index (χ0n) is 11.1. The molecule has 2 aromatic carbocycles. The number of nitriles is 1. The SMILES string of the molecule is Cc1ccccc1/C(C#N)=C(\N)Sc1ccc(N)cc1. The largest absolute Gasteiger partial charge is 0.399 e. The van der Waals surface area contributed by atoms with Crippen LogP contribution in [0.4, 0.5) is 5.69 Å². The summed E-state index contributed by atoms with van der Waals surface area (Å²) in [6.07, 6.45) is 0. The first-order valence-corrected chi connectivity index (χ1v) is 6.92. The van der Waals surface area contributed by atoms with Gasteiger partial charge >= 0.3 is 0 Å². The summed E-state index contributed by atoms with van der Waals surface area (Å²) in [7, 11) is 0.